The lowest BCUT2D eigenvalue weighted by molar-refractivity contribution is -0.183. The molecule has 3 amide bonds. The zero-order valence-corrected chi connectivity index (χ0v) is 33.8. The molecule has 1 saturated heterocycles. The average Bonchev–Trinajstić information content (AvgIpc) is 3.46. The minimum absolute atomic E-state index is 0.0163. The van der Waals surface area contributed by atoms with Crippen molar-refractivity contribution in [3.8, 4) is 16.9 Å². The predicted molar refractivity (Wildman–Crippen MR) is 210 cm³/mol. The second kappa shape index (κ2) is 17.1. The maximum absolute atomic E-state index is 14.3. The number of aliphatic hydroxyl groups excluding tert-OH is 2. The molecule has 0 radical (unpaired) electrons. The van der Waals surface area contributed by atoms with E-state index in [2.05, 4.69) is 50.6 Å². The van der Waals surface area contributed by atoms with Gasteiger partial charge in [0.25, 0.3) is 5.91 Å². The van der Waals surface area contributed by atoms with Crippen LogP contribution in [0.3, 0.4) is 0 Å². The number of para-hydroxylation sites is 1. The Labute approximate surface area is 321 Å². The van der Waals surface area contributed by atoms with Crippen molar-refractivity contribution in [2.45, 2.75) is 105 Å². The lowest BCUT2D eigenvalue weighted by atomic mass is 9.45. The molecule has 5 N–H and O–H groups in total. The second-order valence-corrected chi connectivity index (χ2v) is 17.3. The number of benzene rings is 2. The van der Waals surface area contributed by atoms with E-state index >= 15 is 0 Å². The molecule has 4 aliphatic rings. The number of anilines is 1. The van der Waals surface area contributed by atoms with Crippen molar-refractivity contribution in [1.29, 1.82) is 0 Å². The summed E-state index contributed by atoms with van der Waals surface area (Å²) in [5.41, 5.74) is 3.14. The molecule has 54 heavy (non-hydrogen) atoms. The zero-order chi connectivity index (χ0) is 39.6. The summed E-state index contributed by atoms with van der Waals surface area (Å²) in [6, 6.07) is 9.96. The summed E-state index contributed by atoms with van der Waals surface area (Å²) in [7, 11) is 5.52. The van der Waals surface area contributed by atoms with Crippen LogP contribution in [-0.2, 0) is 21.0 Å². The van der Waals surface area contributed by atoms with E-state index in [9.17, 15) is 24.6 Å². The Balaban J connectivity index is 1.46. The molecule has 3 aliphatic carbocycles. The molecule has 2 aromatic rings. The van der Waals surface area contributed by atoms with E-state index in [-0.39, 0.29) is 48.4 Å². The SMILES string of the molecule is COc1c(CN2O[C@@H](CO)[C@H]([C@H](C)O)[C@H]2C(=O)N[C@H]2C[C@@H]3C[C@@H]([C@@H]2C)C3(C)C)cccc1-c1cc(NC(C)=O)cc(C(=O)N[C@H](CC(C)C)CN(C)C)c1. The summed E-state index contributed by atoms with van der Waals surface area (Å²) in [4.78, 5) is 48.5. The van der Waals surface area contributed by atoms with Crippen LogP contribution < -0.4 is 20.7 Å². The number of amides is 3. The van der Waals surface area contributed by atoms with Gasteiger partial charge >= 0.3 is 0 Å². The number of carbonyl (C=O) groups is 3. The summed E-state index contributed by atoms with van der Waals surface area (Å²) in [6.07, 6.45) is 1.20. The quantitative estimate of drug-likeness (QED) is 0.175. The lowest BCUT2D eigenvalue weighted by Gasteiger charge is -2.62. The van der Waals surface area contributed by atoms with Crippen molar-refractivity contribution in [2.24, 2.45) is 35.0 Å². The highest BCUT2D eigenvalue weighted by Gasteiger charge is 2.57. The molecule has 1 heterocycles. The monoisotopic (exact) mass is 749 g/mol. The number of rotatable bonds is 15. The van der Waals surface area contributed by atoms with E-state index < -0.39 is 24.2 Å². The molecular formula is C42H63N5O7. The molecule has 12 heteroatoms. The van der Waals surface area contributed by atoms with Crippen LogP contribution in [0, 0.1) is 35.0 Å². The van der Waals surface area contributed by atoms with E-state index in [1.54, 1.807) is 37.3 Å². The minimum Gasteiger partial charge on any atom is -0.496 e. The standard InChI is InChI=1S/C42H63N5O7/c1-23(2)14-32(21-46(8)9)44-40(51)29-15-28(16-31(17-29)43-26(5)50)33-13-11-12-27(39(33)53-10)20-47-38(37(25(4)49)36(22-48)54-47)41(52)45-35-19-30-18-34(24(35)3)42(30,6)7/h11-13,15-17,23-25,30,32,34-38,48-49H,14,18-22H2,1-10H3,(H,43,50)(H,44,51)(H,45,52)/t24-,25-,30-,32+,34-,35-,36-,37-,38-/m0/s1. The number of hydrogen-bond acceptors (Lipinski definition) is 9. The first-order valence-corrected chi connectivity index (χ1v) is 19.5. The number of methoxy groups -OCH3 is 1. The van der Waals surface area contributed by atoms with Gasteiger partial charge in [0, 0.05) is 53.8 Å². The number of aliphatic hydroxyl groups is 2. The minimum atomic E-state index is -0.925. The maximum atomic E-state index is 14.3. The van der Waals surface area contributed by atoms with E-state index in [0.717, 1.165) is 12.8 Å². The van der Waals surface area contributed by atoms with Crippen molar-refractivity contribution < 1.29 is 34.2 Å². The summed E-state index contributed by atoms with van der Waals surface area (Å²) in [6.45, 7) is 14.6. The summed E-state index contributed by atoms with van der Waals surface area (Å²) in [5.74, 6) is 0.870. The number of carbonyl (C=O) groups excluding carboxylic acids is 3. The van der Waals surface area contributed by atoms with Crippen molar-refractivity contribution in [3.05, 3.63) is 47.5 Å². The zero-order valence-electron chi connectivity index (χ0n) is 33.8. The Morgan fingerprint density at radius 2 is 1.83 bits per heavy atom. The molecule has 1 aliphatic heterocycles. The largest absolute Gasteiger partial charge is 0.496 e. The average molecular weight is 750 g/mol. The molecule has 3 saturated carbocycles. The van der Waals surface area contributed by atoms with Crippen LogP contribution in [0.15, 0.2) is 36.4 Å². The number of hydrogen-bond donors (Lipinski definition) is 5. The van der Waals surface area contributed by atoms with Gasteiger partial charge in [-0.15, -0.1) is 0 Å². The highest BCUT2D eigenvalue weighted by atomic mass is 16.7. The van der Waals surface area contributed by atoms with Gasteiger partial charge in [-0.2, -0.15) is 5.06 Å². The molecule has 298 valence electrons. The third-order valence-electron chi connectivity index (χ3n) is 12.2. The van der Waals surface area contributed by atoms with Crippen LogP contribution in [0.4, 0.5) is 5.69 Å². The number of nitrogens with one attached hydrogen (secondary N) is 3. The van der Waals surface area contributed by atoms with Crippen molar-refractivity contribution in [1.82, 2.24) is 20.6 Å². The first kappa shape index (κ1) is 41.6. The summed E-state index contributed by atoms with van der Waals surface area (Å²) >= 11 is 0. The van der Waals surface area contributed by atoms with Gasteiger partial charge in [-0.3, -0.25) is 19.2 Å². The molecule has 4 fully saturated rings. The molecular weight excluding hydrogens is 686 g/mol. The Hall–Kier alpha value is -3.55. The molecule has 2 aromatic carbocycles. The van der Waals surface area contributed by atoms with Gasteiger partial charge in [-0.05, 0) is 93.1 Å². The van der Waals surface area contributed by atoms with Crippen molar-refractivity contribution in [2.75, 3.05) is 39.7 Å². The fraction of sp³-hybridized carbons (Fsp3) is 0.643. The van der Waals surface area contributed by atoms with Gasteiger partial charge in [0.15, 0.2) is 0 Å². The predicted octanol–water partition coefficient (Wildman–Crippen LogP) is 4.69. The normalized spacial score (nSPS) is 27.3. The van der Waals surface area contributed by atoms with E-state index in [1.807, 2.05) is 37.2 Å². The Bertz CT molecular complexity index is 1650. The van der Waals surface area contributed by atoms with Crippen molar-refractivity contribution >= 4 is 23.4 Å². The van der Waals surface area contributed by atoms with Crippen molar-refractivity contribution in [3.63, 3.8) is 0 Å². The van der Waals surface area contributed by atoms with Gasteiger partial charge in [0.05, 0.1) is 26.4 Å². The van der Waals surface area contributed by atoms with E-state index in [0.29, 0.717) is 63.9 Å². The molecule has 0 spiro atoms. The fourth-order valence-electron chi connectivity index (χ4n) is 9.48. The highest BCUT2D eigenvalue weighted by molar-refractivity contribution is 5.99. The smallest absolute Gasteiger partial charge is 0.251 e. The van der Waals surface area contributed by atoms with Gasteiger partial charge < -0.3 is 35.8 Å². The maximum Gasteiger partial charge on any atom is 0.251 e. The Morgan fingerprint density at radius 1 is 1.11 bits per heavy atom. The van der Waals surface area contributed by atoms with Gasteiger partial charge in [0.1, 0.15) is 17.9 Å². The molecule has 6 rings (SSSR count). The summed E-state index contributed by atoms with van der Waals surface area (Å²) in [5, 5.41) is 32.2. The number of ether oxygens (including phenoxy) is 1. The van der Waals surface area contributed by atoms with Crippen LogP contribution in [-0.4, -0.2) is 103 Å². The Kier molecular flexibility index (Phi) is 13.2. The van der Waals surface area contributed by atoms with Gasteiger partial charge in [0.2, 0.25) is 11.8 Å². The molecule has 9 atom stereocenters. The first-order valence-electron chi connectivity index (χ1n) is 19.5. The number of hydroxylamine groups is 2. The number of nitrogens with zero attached hydrogens (tertiary/aromatic N) is 2. The number of fused-ring (bicyclic) bond motifs is 2. The second-order valence-electron chi connectivity index (χ2n) is 17.3. The highest BCUT2D eigenvalue weighted by Crippen LogP contribution is 2.61. The summed E-state index contributed by atoms with van der Waals surface area (Å²) < 4.78 is 6.03. The fourth-order valence-corrected chi connectivity index (χ4v) is 9.48. The van der Waals surface area contributed by atoms with Crippen LogP contribution in [0.2, 0.25) is 0 Å². The molecule has 0 aromatic heterocycles. The third-order valence-corrected chi connectivity index (χ3v) is 12.2. The molecule has 0 unspecified atom stereocenters. The van der Waals surface area contributed by atoms with Gasteiger partial charge in [-0.1, -0.05) is 52.8 Å². The third kappa shape index (κ3) is 8.94. The Morgan fingerprint density at radius 3 is 2.41 bits per heavy atom. The topological polar surface area (TPSA) is 153 Å². The van der Waals surface area contributed by atoms with E-state index in [1.165, 1.54) is 13.3 Å². The van der Waals surface area contributed by atoms with E-state index in [4.69, 9.17) is 9.57 Å². The molecule has 12 nitrogen and oxygen atoms in total. The molecule has 2 bridgehead atoms. The number of likely N-dealkylation sites (N-methyl/N-ethyl adjacent to an activating group) is 1. The van der Waals surface area contributed by atoms with Crippen LogP contribution in [0.25, 0.3) is 11.1 Å². The first-order chi connectivity index (χ1) is 25.4. The van der Waals surface area contributed by atoms with Crippen LogP contribution >= 0.6 is 0 Å². The van der Waals surface area contributed by atoms with Gasteiger partial charge in [-0.25, -0.2) is 0 Å². The van der Waals surface area contributed by atoms with Crippen LogP contribution in [0.1, 0.15) is 83.7 Å². The lowest BCUT2D eigenvalue weighted by Crippen LogP contribution is -2.62. The van der Waals surface area contributed by atoms with Crippen LogP contribution in [0.5, 0.6) is 5.75 Å².